The fourth-order valence-corrected chi connectivity index (χ4v) is 1.76. The number of rotatable bonds is 3. The van der Waals surface area contributed by atoms with Gasteiger partial charge in [-0.15, -0.1) is 0 Å². The second-order valence-electron chi connectivity index (χ2n) is 5.06. The molecule has 0 saturated carbocycles. The zero-order chi connectivity index (χ0) is 8.48. The van der Waals surface area contributed by atoms with Gasteiger partial charge in [-0.3, -0.25) is 0 Å². The van der Waals surface area contributed by atoms with Crippen LogP contribution in [-0.2, 0) is 0 Å². The third-order valence-electron chi connectivity index (χ3n) is 2.33. The van der Waals surface area contributed by atoms with Gasteiger partial charge in [-0.05, 0) is 24.3 Å². The maximum atomic E-state index is 2.56. The standard InChI is InChI=1S/C10H21N/c1-9(2)5-6-11-7-10(3,4)8-11/h9H,5-8H2,1-4H3. The Balaban J connectivity index is 2.05. The molecule has 1 rings (SSSR count). The zero-order valence-electron chi connectivity index (χ0n) is 8.35. The van der Waals surface area contributed by atoms with E-state index in [2.05, 4.69) is 32.6 Å². The second kappa shape index (κ2) is 3.14. The third kappa shape index (κ3) is 2.82. The molecule has 0 bridgehead atoms. The van der Waals surface area contributed by atoms with E-state index in [1.165, 1.54) is 26.1 Å². The molecule has 0 aliphatic carbocycles. The summed E-state index contributed by atoms with van der Waals surface area (Å²) in [7, 11) is 0. The van der Waals surface area contributed by atoms with E-state index in [1.54, 1.807) is 0 Å². The minimum absolute atomic E-state index is 0.608. The van der Waals surface area contributed by atoms with E-state index in [0.717, 1.165) is 5.92 Å². The van der Waals surface area contributed by atoms with Crippen LogP contribution in [0.1, 0.15) is 34.1 Å². The Kier molecular flexibility index (Phi) is 2.58. The Labute approximate surface area is 70.8 Å². The molecule has 1 saturated heterocycles. The van der Waals surface area contributed by atoms with Gasteiger partial charge in [-0.25, -0.2) is 0 Å². The molecule has 0 spiro atoms. The highest BCUT2D eigenvalue weighted by molar-refractivity contribution is 4.87. The van der Waals surface area contributed by atoms with Crippen LogP contribution in [-0.4, -0.2) is 24.5 Å². The van der Waals surface area contributed by atoms with Crippen LogP contribution in [0.15, 0.2) is 0 Å². The van der Waals surface area contributed by atoms with E-state index < -0.39 is 0 Å². The number of likely N-dealkylation sites (tertiary alicyclic amines) is 1. The number of nitrogens with zero attached hydrogens (tertiary/aromatic N) is 1. The zero-order valence-corrected chi connectivity index (χ0v) is 8.35. The van der Waals surface area contributed by atoms with Crippen LogP contribution in [0.5, 0.6) is 0 Å². The number of hydrogen-bond donors (Lipinski definition) is 0. The number of hydrogen-bond acceptors (Lipinski definition) is 1. The first kappa shape index (κ1) is 9.05. The Morgan fingerprint density at radius 2 is 1.82 bits per heavy atom. The molecule has 0 aromatic rings. The molecule has 1 heterocycles. The molecule has 1 fully saturated rings. The first-order valence-corrected chi connectivity index (χ1v) is 4.72. The van der Waals surface area contributed by atoms with Gasteiger partial charge in [0.2, 0.25) is 0 Å². The summed E-state index contributed by atoms with van der Waals surface area (Å²) in [5.74, 6) is 0.860. The molecule has 0 aromatic heterocycles. The van der Waals surface area contributed by atoms with E-state index in [4.69, 9.17) is 0 Å². The quantitative estimate of drug-likeness (QED) is 0.605. The highest BCUT2D eigenvalue weighted by atomic mass is 15.2. The third-order valence-corrected chi connectivity index (χ3v) is 2.33. The van der Waals surface area contributed by atoms with Gasteiger partial charge in [-0.2, -0.15) is 0 Å². The first-order valence-electron chi connectivity index (χ1n) is 4.72. The van der Waals surface area contributed by atoms with E-state index in [0.29, 0.717) is 5.41 Å². The molecule has 66 valence electrons. The molecule has 1 aliphatic rings. The molecule has 1 nitrogen and oxygen atoms in total. The highest BCUT2D eigenvalue weighted by Crippen LogP contribution is 2.28. The van der Waals surface area contributed by atoms with Crippen molar-refractivity contribution in [3.63, 3.8) is 0 Å². The molecular weight excluding hydrogens is 134 g/mol. The van der Waals surface area contributed by atoms with Crippen molar-refractivity contribution in [3.8, 4) is 0 Å². The van der Waals surface area contributed by atoms with Gasteiger partial charge in [0.15, 0.2) is 0 Å². The molecule has 11 heavy (non-hydrogen) atoms. The van der Waals surface area contributed by atoms with E-state index in [1.807, 2.05) is 0 Å². The van der Waals surface area contributed by atoms with Crippen molar-refractivity contribution in [3.05, 3.63) is 0 Å². The molecule has 0 radical (unpaired) electrons. The van der Waals surface area contributed by atoms with Gasteiger partial charge in [0.1, 0.15) is 0 Å². The monoisotopic (exact) mass is 155 g/mol. The normalized spacial score (nSPS) is 23.7. The minimum Gasteiger partial charge on any atom is -0.302 e. The van der Waals surface area contributed by atoms with Crippen molar-refractivity contribution < 1.29 is 0 Å². The smallest absolute Gasteiger partial charge is 0.00452 e. The summed E-state index contributed by atoms with van der Waals surface area (Å²) in [6.45, 7) is 13.2. The molecule has 0 atom stereocenters. The van der Waals surface area contributed by atoms with Gasteiger partial charge >= 0.3 is 0 Å². The lowest BCUT2D eigenvalue weighted by atomic mass is 9.84. The highest BCUT2D eigenvalue weighted by Gasteiger charge is 2.33. The lowest BCUT2D eigenvalue weighted by molar-refractivity contribution is 0.0278. The van der Waals surface area contributed by atoms with Crippen LogP contribution in [0.25, 0.3) is 0 Å². The Hall–Kier alpha value is -0.0400. The summed E-state index contributed by atoms with van der Waals surface area (Å²) in [6, 6.07) is 0. The summed E-state index contributed by atoms with van der Waals surface area (Å²) >= 11 is 0. The molecule has 0 aromatic carbocycles. The predicted molar refractivity (Wildman–Crippen MR) is 49.7 cm³/mol. The van der Waals surface area contributed by atoms with Gasteiger partial charge in [0.25, 0.3) is 0 Å². The lowest BCUT2D eigenvalue weighted by Gasteiger charge is -2.46. The van der Waals surface area contributed by atoms with Crippen LogP contribution >= 0.6 is 0 Å². The second-order valence-corrected chi connectivity index (χ2v) is 5.06. The molecular formula is C10H21N. The van der Waals surface area contributed by atoms with Gasteiger partial charge in [0.05, 0.1) is 0 Å². The topological polar surface area (TPSA) is 3.24 Å². The SMILES string of the molecule is CC(C)CCN1CC(C)(C)C1. The summed E-state index contributed by atoms with van der Waals surface area (Å²) in [4.78, 5) is 2.56. The average molecular weight is 155 g/mol. The van der Waals surface area contributed by atoms with Gasteiger partial charge in [-0.1, -0.05) is 27.7 Å². The van der Waals surface area contributed by atoms with E-state index >= 15 is 0 Å². The molecule has 0 unspecified atom stereocenters. The van der Waals surface area contributed by atoms with E-state index in [9.17, 15) is 0 Å². The summed E-state index contributed by atoms with van der Waals surface area (Å²) in [6.07, 6.45) is 1.36. The fourth-order valence-electron chi connectivity index (χ4n) is 1.76. The van der Waals surface area contributed by atoms with Crippen molar-refractivity contribution in [1.29, 1.82) is 0 Å². The van der Waals surface area contributed by atoms with Crippen LogP contribution in [0.4, 0.5) is 0 Å². The maximum Gasteiger partial charge on any atom is 0.00452 e. The minimum atomic E-state index is 0.608. The van der Waals surface area contributed by atoms with Gasteiger partial charge < -0.3 is 4.90 Å². The molecule has 1 aliphatic heterocycles. The van der Waals surface area contributed by atoms with Crippen LogP contribution < -0.4 is 0 Å². The van der Waals surface area contributed by atoms with Crippen molar-refractivity contribution in [2.45, 2.75) is 34.1 Å². The first-order chi connectivity index (χ1) is 4.99. The summed E-state index contributed by atoms with van der Waals surface area (Å²) in [5.41, 5.74) is 0.608. The molecule has 1 heteroatoms. The Morgan fingerprint density at radius 3 is 2.18 bits per heavy atom. The lowest BCUT2D eigenvalue weighted by Crippen LogP contribution is -2.53. The van der Waals surface area contributed by atoms with Crippen LogP contribution in [0.3, 0.4) is 0 Å². The molecule has 0 N–H and O–H groups in total. The molecule has 0 amide bonds. The van der Waals surface area contributed by atoms with Crippen molar-refractivity contribution in [2.75, 3.05) is 19.6 Å². The van der Waals surface area contributed by atoms with E-state index in [-0.39, 0.29) is 0 Å². The van der Waals surface area contributed by atoms with Crippen molar-refractivity contribution in [1.82, 2.24) is 4.90 Å². The van der Waals surface area contributed by atoms with Crippen LogP contribution in [0.2, 0.25) is 0 Å². The maximum absolute atomic E-state index is 2.56. The van der Waals surface area contributed by atoms with Crippen molar-refractivity contribution in [2.24, 2.45) is 11.3 Å². The summed E-state index contributed by atoms with van der Waals surface area (Å²) < 4.78 is 0. The predicted octanol–water partition coefficient (Wildman–Crippen LogP) is 2.37. The summed E-state index contributed by atoms with van der Waals surface area (Å²) in [5, 5.41) is 0. The largest absolute Gasteiger partial charge is 0.302 e. The average Bonchev–Trinajstić information content (AvgIpc) is 1.78. The van der Waals surface area contributed by atoms with Crippen LogP contribution in [0, 0.1) is 11.3 Å². The Bertz CT molecular complexity index is 119. The Morgan fingerprint density at radius 1 is 1.27 bits per heavy atom. The van der Waals surface area contributed by atoms with Crippen molar-refractivity contribution >= 4 is 0 Å². The fraction of sp³-hybridized carbons (Fsp3) is 1.00. The van der Waals surface area contributed by atoms with Gasteiger partial charge in [0, 0.05) is 13.1 Å².